The van der Waals surface area contributed by atoms with Crippen LogP contribution in [0, 0.1) is 0 Å². The van der Waals surface area contributed by atoms with E-state index in [-0.39, 0.29) is 11.9 Å². The van der Waals surface area contributed by atoms with Gasteiger partial charge in [0.25, 0.3) is 17.2 Å². The molecular formula is C18H20N2O3S. The fourth-order valence-corrected chi connectivity index (χ4v) is 3.67. The molecule has 0 radical (unpaired) electrons. The van der Waals surface area contributed by atoms with E-state index >= 15 is 0 Å². The van der Waals surface area contributed by atoms with Crippen molar-refractivity contribution in [2.75, 3.05) is 17.5 Å². The van der Waals surface area contributed by atoms with Crippen molar-refractivity contribution in [3.63, 3.8) is 0 Å². The summed E-state index contributed by atoms with van der Waals surface area (Å²) in [4.78, 5) is 12.0. The molecule has 2 aromatic rings. The van der Waals surface area contributed by atoms with E-state index in [0.29, 0.717) is 18.7 Å². The van der Waals surface area contributed by atoms with Crippen molar-refractivity contribution in [2.45, 2.75) is 19.4 Å². The van der Waals surface area contributed by atoms with Crippen molar-refractivity contribution >= 4 is 22.9 Å². The molecule has 1 fully saturated rings. The smallest absolute Gasteiger partial charge is 0.265 e. The van der Waals surface area contributed by atoms with E-state index in [4.69, 9.17) is 4.18 Å². The van der Waals surface area contributed by atoms with Crippen molar-refractivity contribution in [3.05, 3.63) is 65.7 Å². The van der Waals surface area contributed by atoms with Gasteiger partial charge in [0.15, 0.2) is 0 Å². The molecule has 0 saturated carbocycles. The lowest BCUT2D eigenvalue weighted by molar-refractivity contribution is 0.0953. The molecule has 2 atom stereocenters. The van der Waals surface area contributed by atoms with Gasteiger partial charge in [0.1, 0.15) is 0 Å². The predicted octanol–water partition coefficient (Wildman–Crippen LogP) is 2.98. The van der Waals surface area contributed by atoms with Gasteiger partial charge in [-0.05, 0) is 36.2 Å². The summed E-state index contributed by atoms with van der Waals surface area (Å²) < 4.78 is 19.3. The minimum atomic E-state index is -1.53. The number of amides is 1. The molecule has 2 unspecified atom stereocenters. The molecule has 3 rings (SSSR count). The topological polar surface area (TPSA) is 58.6 Å². The van der Waals surface area contributed by atoms with Gasteiger partial charge in [-0.3, -0.25) is 13.3 Å². The van der Waals surface area contributed by atoms with Crippen LogP contribution in [0.1, 0.15) is 35.3 Å². The molecule has 1 heterocycles. The van der Waals surface area contributed by atoms with Crippen LogP contribution in [0.15, 0.2) is 54.6 Å². The Balaban J connectivity index is 1.81. The maximum atomic E-state index is 12.3. The first kappa shape index (κ1) is 16.7. The summed E-state index contributed by atoms with van der Waals surface area (Å²) >= 11 is -1.53. The highest BCUT2D eigenvalue weighted by Gasteiger charge is 2.33. The summed E-state index contributed by atoms with van der Waals surface area (Å²) in [7, 11) is 0. The number of carbonyl (C=O) groups is 1. The summed E-state index contributed by atoms with van der Waals surface area (Å²) in [5.41, 5.74) is 2.41. The van der Waals surface area contributed by atoms with Gasteiger partial charge in [0, 0.05) is 12.1 Å². The second kappa shape index (κ2) is 7.59. The van der Waals surface area contributed by atoms with Gasteiger partial charge in [-0.15, -0.1) is 0 Å². The maximum absolute atomic E-state index is 12.3. The maximum Gasteiger partial charge on any atom is 0.265 e. The van der Waals surface area contributed by atoms with Gasteiger partial charge in [-0.1, -0.05) is 37.3 Å². The van der Waals surface area contributed by atoms with Crippen molar-refractivity contribution in [1.29, 1.82) is 0 Å². The summed E-state index contributed by atoms with van der Waals surface area (Å²) in [5, 5.41) is 2.84. The lowest BCUT2D eigenvalue weighted by Gasteiger charge is -2.22. The molecule has 0 aromatic heterocycles. The first-order chi connectivity index (χ1) is 11.7. The number of nitrogens with zero attached hydrogens (tertiary/aromatic N) is 1. The quantitative estimate of drug-likeness (QED) is 0.907. The molecule has 0 spiro atoms. The fraction of sp³-hybridized carbons (Fsp3) is 0.278. The summed E-state index contributed by atoms with van der Waals surface area (Å²) in [6.45, 7) is 3.03. The highest BCUT2D eigenvalue weighted by Crippen LogP contribution is 2.34. The molecule has 1 amide bonds. The number of rotatable bonds is 5. The van der Waals surface area contributed by atoms with Gasteiger partial charge in [0.2, 0.25) is 0 Å². The Kier molecular flexibility index (Phi) is 5.27. The molecule has 126 valence electrons. The second-order valence-electron chi connectivity index (χ2n) is 5.56. The minimum Gasteiger partial charge on any atom is -0.352 e. The third-order valence-electron chi connectivity index (χ3n) is 3.87. The van der Waals surface area contributed by atoms with Crippen LogP contribution >= 0.6 is 0 Å². The Bertz CT molecular complexity index is 719. The van der Waals surface area contributed by atoms with Crippen molar-refractivity contribution in [1.82, 2.24) is 5.32 Å². The minimum absolute atomic E-state index is 0.0956. The first-order valence-electron chi connectivity index (χ1n) is 7.98. The number of benzene rings is 2. The van der Waals surface area contributed by atoms with E-state index in [9.17, 15) is 9.00 Å². The molecule has 24 heavy (non-hydrogen) atoms. The van der Waals surface area contributed by atoms with Gasteiger partial charge >= 0.3 is 0 Å². The van der Waals surface area contributed by atoms with E-state index < -0.39 is 11.3 Å². The van der Waals surface area contributed by atoms with E-state index in [1.54, 1.807) is 16.4 Å². The lowest BCUT2D eigenvalue weighted by Crippen LogP contribution is -2.25. The normalized spacial score (nSPS) is 20.1. The Morgan fingerprint density at radius 3 is 2.58 bits per heavy atom. The van der Waals surface area contributed by atoms with Crippen molar-refractivity contribution in [2.24, 2.45) is 0 Å². The zero-order chi connectivity index (χ0) is 16.9. The molecule has 1 aliphatic heterocycles. The van der Waals surface area contributed by atoms with Gasteiger partial charge in [0.05, 0.1) is 18.3 Å². The largest absolute Gasteiger partial charge is 0.352 e. The lowest BCUT2D eigenvalue weighted by atomic mass is 10.1. The van der Waals surface area contributed by atoms with Crippen LogP contribution in [0.5, 0.6) is 0 Å². The third-order valence-corrected chi connectivity index (χ3v) is 5.00. The zero-order valence-corrected chi connectivity index (χ0v) is 14.3. The Morgan fingerprint density at radius 2 is 1.92 bits per heavy atom. The van der Waals surface area contributed by atoms with E-state index in [0.717, 1.165) is 17.7 Å². The fourth-order valence-electron chi connectivity index (χ4n) is 2.62. The van der Waals surface area contributed by atoms with Gasteiger partial charge < -0.3 is 5.32 Å². The number of hydrogen-bond donors (Lipinski definition) is 1. The Hall–Kier alpha value is -2.18. The van der Waals surface area contributed by atoms with E-state index in [2.05, 4.69) is 5.32 Å². The highest BCUT2D eigenvalue weighted by atomic mass is 32.2. The van der Waals surface area contributed by atoms with Gasteiger partial charge in [-0.2, -0.15) is 0 Å². The molecule has 2 aromatic carbocycles. The number of hydrogen-bond acceptors (Lipinski definition) is 3. The molecule has 1 N–H and O–H groups in total. The summed E-state index contributed by atoms with van der Waals surface area (Å²) in [6.07, 6.45) is 0.896. The second-order valence-corrected chi connectivity index (χ2v) is 6.62. The van der Waals surface area contributed by atoms with E-state index in [1.807, 2.05) is 49.4 Å². The van der Waals surface area contributed by atoms with Crippen LogP contribution in [0.3, 0.4) is 0 Å². The SMILES string of the molecule is CCCNC(=O)c1ccc(N2C(c3ccccc3)COS2=O)cc1. The van der Waals surface area contributed by atoms with Crippen LogP contribution < -0.4 is 9.62 Å². The van der Waals surface area contributed by atoms with Crippen LogP contribution in [0.2, 0.25) is 0 Å². The average Bonchev–Trinajstić information content (AvgIpc) is 3.02. The number of carbonyl (C=O) groups excluding carboxylic acids is 1. The van der Waals surface area contributed by atoms with Crippen LogP contribution in [-0.4, -0.2) is 23.3 Å². The van der Waals surface area contributed by atoms with Crippen molar-refractivity contribution < 1.29 is 13.2 Å². The zero-order valence-electron chi connectivity index (χ0n) is 13.5. The van der Waals surface area contributed by atoms with Crippen LogP contribution in [0.25, 0.3) is 0 Å². The van der Waals surface area contributed by atoms with Crippen LogP contribution in [-0.2, 0) is 15.4 Å². The number of nitrogens with one attached hydrogen (secondary N) is 1. The summed E-state index contributed by atoms with van der Waals surface area (Å²) in [6, 6.07) is 16.9. The monoisotopic (exact) mass is 344 g/mol. The Labute approximate surface area is 144 Å². The molecule has 0 bridgehead atoms. The molecule has 1 aliphatic rings. The van der Waals surface area contributed by atoms with Crippen LogP contribution in [0.4, 0.5) is 5.69 Å². The molecular weight excluding hydrogens is 324 g/mol. The molecule has 0 aliphatic carbocycles. The summed E-state index contributed by atoms with van der Waals surface area (Å²) in [5.74, 6) is -0.0956. The number of anilines is 1. The predicted molar refractivity (Wildman–Crippen MR) is 94.8 cm³/mol. The Morgan fingerprint density at radius 1 is 1.21 bits per heavy atom. The molecule has 5 nitrogen and oxygen atoms in total. The molecule has 6 heteroatoms. The average molecular weight is 344 g/mol. The van der Waals surface area contributed by atoms with Gasteiger partial charge in [-0.25, -0.2) is 4.21 Å². The highest BCUT2D eigenvalue weighted by molar-refractivity contribution is 7.82. The first-order valence-corrected chi connectivity index (χ1v) is 9.01. The van der Waals surface area contributed by atoms with Crippen molar-refractivity contribution in [3.8, 4) is 0 Å². The third kappa shape index (κ3) is 3.49. The van der Waals surface area contributed by atoms with E-state index in [1.165, 1.54) is 0 Å². The molecule has 1 saturated heterocycles. The standard InChI is InChI=1S/C18H20N2O3S/c1-2-12-19-18(21)15-8-10-16(11-9-15)20-17(13-23-24(20)22)14-6-4-3-5-7-14/h3-11,17H,2,12-13H2,1H3,(H,19,21).